The van der Waals surface area contributed by atoms with Crippen molar-refractivity contribution in [1.29, 1.82) is 1.43 Å². The predicted molar refractivity (Wildman–Crippen MR) is 22.3 cm³/mol. The summed E-state index contributed by atoms with van der Waals surface area (Å²) in [6, 6.07) is 0. The first-order chi connectivity index (χ1) is 3.31. The average molecular weight is 90.1 g/mol. The van der Waals surface area contributed by atoms with Crippen LogP contribution in [0.5, 0.6) is 0 Å². The van der Waals surface area contributed by atoms with E-state index in [1.165, 1.54) is 0 Å². The highest BCUT2D eigenvalue weighted by atomic mass is 16.3. The van der Waals surface area contributed by atoms with Gasteiger partial charge >= 0.3 is 0 Å². The van der Waals surface area contributed by atoms with Crippen molar-refractivity contribution in [2.24, 2.45) is 5.92 Å². The van der Waals surface area contributed by atoms with Gasteiger partial charge in [-0.3, -0.25) is 0 Å². The molecule has 1 N–H and O–H groups in total. The van der Waals surface area contributed by atoms with Crippen molar-refractivity contribution in [2.45, 2.75) is 6.92 Å². The Kier molecular flexibility index (Phi) is 1.81. The molecule has 0 aromatic carbocycles. The molecule has 0 spiro atoms. The molecule has 36 valence electrons. The van der Waals surface area contributed by atoms with Crippen LogP contribution in [0.15, 0.2) is 0 Å². The van der Waals surface area contributed by atoms with Gasteiger partial charge in [0.05, 0.1) is 6.61 Å². The summed E-state index contributed by atoms with van der Waals surface area (Å²) in [4.78, 5) is 9.73. The highest BCUT2D eigenvalue weighted by Crippen LogP contribution is 1.81. The van der Waals surface area contributed by atoms with Gasteiger partial charge in [-0.15, -0.1) is 0 Å². The molecule has 0 saturated heterocycles. The molecule has 0 bridgehead atoms. The maximum atomic E-state index is 9.73. The van der Waals surface area contributed by atoms with Crippen LogP contribution in [-0.2, 0) is 4.79 Å². The van der Waals surface area contributed by atoms with E-state index in [0.29, 0.717) is 0 Å². The zero-order chi connectivity index (χ0) is 5.70. The summed E-state index contributed by atoms with van der Waals surface area (Å²) in [7, 11) is 0. The van der Waals surface area contributed by atoms with Gasteiger partial charge in [0.15, 0.2) is 0 Å². The van der Waals surface area contributed by atoms with Gasteiger partial charge in [-0.25, -0.2) is 0 Å². The van der Waals surface area contributed by atoms with Crippen LogP contribution in [0.1, 0.15) is 6.92 Å². The maximum absolute atomic E-state index is 9.73. The monoisotopic (exact) mass is 90.1 g/mol. The molecule has 2 heteroatoms. The number of aliphatic hydroxyl groups is 1. The van der Waals surface area contributed by atoms with Crippen molar-refractivity contribution in [2.75, 3.05) is 6.61 Å². The van der Waals surface area contributed by atoms with Crippen LogP contribution in [0.2, 0.25) is 0 Å². The van der Waals surface area contributed by atoms with Crippen molar-refractivity contribution >= 4 is 6.29 Å². The molecule has 0 amide bonds. The summed E-state index contributed by atoms with van der Waals surface area (Å²) >= 11 is 0. The summed E-state index contributed by atoms with van der Waals surface area (Å²) in [5, 5.41) is 3.91. The van der Waals surface area contributed by atoms with Crippen LogP contribution < -0.4 is 0 Å². The van der Waals surface area contributed by atoms with Crippen LogP contribution in [-0.4, -0.2) is 19.4 Å². The molecule has 0 unspecified atom stereocenters. The standard InChI is InChI=1S/C4H8O2/c1-4(2-5)3-6/h2,4,6H,3H2,1H3/t4-/m1/s1/i6T. The second-order valence-electron chi connectivity index (χ2n) is 1.28. The third-order valence-corrected chi connectivity index (χ3v) is 0.495. The molecule has 6 heavy (non-hydrogen) atoms. The lowest BCUT2D eigenvalue weighted by atomic mass is 10.2. The van der Waals surface area contributed by atoms with Crippen molar-refractivity contribution in [1.82, 2.24) is 0 Å². The van der Waals surface area contributed by atoms with Crippen LogP contribution in [0.4, 0.5) is 0 Å². The minimum Gasteiger partial charge on any atom is -0.396 e. The molecular weight excluding hydrogens is 80.0 g/mol. The fraction of sp³-hybridized carbons (Fsp3) is 0.750. The largest absolute Gasteiger partial charge is 0.396 e. The molecular formula is C4H8O2. The van der Waals surface area contributed by atoms with E-state index in [1.807, 2.05) is 0 Å². The fourth-order valence-corrected chi connectivity index (χ4v) is 0.0393. The third kappa shape index (κ3) is 1.91. The van der Waals surface area contributed by atoms with Gasteiger partial charge < -0.3 is 9.90 Å². The van der Waals surface area contributed by atoms with Gasteiger partial charge in [-0.1, -0.05) is 6.92 Å². The molecule has 0 aliphatic carbocycles. The van der Waals surface area contributed by atoms with E-state index in [2.05, 4.69) is 5.11 Å². The van der Waals surface area contributed by atoms with E-state index in [1.54, 1.807) is 6.92 Å². The number of aliphatic hydroxyl groups excluding tert-OH is 1. The van der Waals surface area contributed by atoms with Gasteiger partial charge in [-0.05, 0) is 0 Å². The Labute approximate surface area is 38.3 Å². The van der Waals surface area contributed by atoms with E-state index >= 15 is 0 Å². The van der Waals surface area contributed by atoms with Crippen molar-refractivity contribution in [3.63, 3.8) is 0 Å². The van der Waals surface area contributed by atoms with Crippen LogP contribution in [0.25, 0.3) is 0 Å². The molecule has 0 aliphatic rings. The molecule has 0 heterocycles. The van der Waals surface area contributed by atoms with Gasteiger partial charge in [0.2, 0.25) is 1.43 Å². The summed E-state index contributed by atoms with van der Waals surface area (Å²) in [6.45, 7) is 1.89. The SMILES string of the molecule is [3H]OC[C@H](C)C=O. The Morgan fingerprint density at radius 1 is 2.33 bits per heavy atom. The van der Waals surface area contributed by atoms with E-state index < -0.39 is 0 Å². The van der Waals surface area contributed by atoms with E-state index in [-0.39, 0.29) is 12.5 Å². The molecule has 0 rings (SSSR count). The summed E-state index contributed by atoms with van der Waals surface area (Å²) in [6.07, 6.45) is 0.758. The number of carbonyl (C=O) groups is 1. The molecule has 0 radical (unpaired) electrons. The zero-order valence-corrected chi connectivity index (χ0v) is 3.68. The maximum Gasteiger partial charge on any atom is 0.210 e. The van der Waals surface area contributed by atoms with Crippen LogP contribution >= 0.6 is 0 Å². The first-order valence-electron chi connectivity index (χ1n) is 2.25. The lowest BCUT2D eigenvalue weighted by Gasteiger charge is -1.89. The molecule has 0 aromatic heterocycles. The summed E-state index contributed by atoms with van der Waals surface area (Å²) in [5.41, 5.74) is 0. The molecule has 2 nitrogen and oxygen atoms in total. The lowest BCUT2D eigenvalue weighted by Crippen LogP contribution is -1.99. The van der Waals surface area contributed by atoms with Gasteiger partial charge in [0, 0.05) is 5.92 Å². The second kappa shape index (κ2) is 2.85. The number of hydrogen-bond acceptors (Lipinski definition) is 2. The molecule has 0 aliphatic heterocycles. The first-order valence-corrected chi connectivity index (χ1v) is 1.84. The zero-order valence-electron chi connectivity index (χ0n) is 4.68. The number of aldehydes is 1. The predicted octanol–water partition coefficient (Wildman–Crippen LogP) is -0.186. The molecule has 0 saturated carbocycles. The minimum absolute atomic E-state index is 0.141. The smallest absolute Gasteiger partial charge is 0.210 e. The summed E-state index contributed by atoms with van der Waals surface area (Å²) < 4.78 is 6.18. The highest BCUT2D eigenvalue weighted by molar-refractivity contribution is 5.52. The Morgan fingerprint density at radius 3 is 3.17 bits per heavy atom. The average Bonchev–Trinajstić information content (AvgIpc) is 1.68. The number of rotatable bonds is 3. The number of carbonyl (C=O) groups excluding carboxylic acids is 1. The number of hydrogen-bond donors (Lipinski definition) is 1. The Morgan fingerprint density at radius 2 is 3.00 bits per heavy atom. The van der Waals surface area contributed by atoms with E-state index in [9.17, 15) is 4.79 Å². The van der Waals surface area contributed by atoms with Gasteiger partial charge in [-0.2, -0.15) is 0 Å². The quantitative estimate of drug-likeness (QED) is 0.488. The van der Waals surface area contributed by atoms with Crippen molar-refractivity contribution in [3.8, 4) is 0 Å². The van der Waals surface area contributed by atoms with Gasteiger partial charge in [0.25, 0.3) is 0 Å². The van der Waals surface area contributed by atoms with Gasteiger partial charge in [0.1, 0.15) is 6.29 Å². The molecule has 0 fully saturated rings. The van der Waals surface area contributed by atoms with Crippen molar-refractivity contribution in [3.05, 3.63) is 0 Å². The second-order valence-corrected chi connectivity index (χ2v) is 1.28. The summed E-state index contributed by atoms with van der Waals surface area (Å²) in [5.74, 6) is -0.141. The Bertz CT molecular complexity index is 55.7. The normalized spacial score (nSPS) is 15.8. The van der Waals surface area contributed by atoms with E-state index in [0.717, 1.165) is 6.29 Å². The van der Waals surface area contributed by atoms with Crippen molar-refractivity contribution < 1.29 is 9.90 Å². The van der Waals surface area contributed by atoms with E-state index in [4.69, 9.17) is 1.43 Å². The molecule has 0 aromatic rings. The first kappa shape index (κ1) is 3.81. The van der Waals surface area contributed by atoms with Crippen LogP contribution in [0, 0.1) is 5.92 Å². The fourth-order valence-electron chi connectivity index (χ4n) is 0.0393. The minimum atomic E-state index is -0.141. The third-order valence-electron chi connectivity index (χ3n) is 0.495. The lowest BCUT2D eigenvalue weighted by molar-refractivity contribution is -0.111. The molecule has 1 atom stereocenters. The Hall–Kier alpha value is -0.370. The highest BCUT2D eigenvalue weighted by Gasteiger charge is 1.90. The van der Waals surface area contributed by atoms with Crippen LogP contribution in [0.3, 0.4) is 0 Å². The topological polar surface area (TPSA) is 37.3 Å². The Balaban J connectivity index is 2.98.